The Morgan fingerprint density at radius 1 is 1.60 bits per heavy atom. The topological polar surface area (TPSA) is 42.6 Å². The van der Waals surface area contributed by atoms with Crippen molar-refractivity contribution in [3.63, 3.8) is 0 Å². The molecule has 1 aliphatic carbocycles. The molecule has 0 bridgehead atoms. The summed E-state index contributed by atoms with van der Waals surface area (Å²) in [7, 11) is 0. The van der Waals surface area contributed by atoms with Crippen LogP contribution in [-0.4, -0.2) is 23.9 Å². The predicted octanol–water partition coefficient (Wildman–Crippen LogP) is 2.00. The van der Waals surface area contributed by atoms with Gasteiger partial charge in [0, 0.05) is 13.0 Å². The van der Waals surface area contributed by atoms with Crippen molar-refractivity contribution < 1.29 is 14.3 Å². The second-order valence-corrected chi connectivity index (χ2v) is 4.16. The summed E-state index contributed by atoms with van der Waals surface area (Å²) in [5.41, 5.74) is 1.04. The SMILES string of the molecule is CCOC(C(O)Cc1ccoc1)C1CC1. The third kappa shape index (κ3) is 2.83. The minimum absolute atomic E-state index is 0.00454. The molecule has 0 aromatic carbocycles. The monoisotopic (exact) mass is 210 g/mol. The summed E-state index contributed by atoms with van der Waals surface area (Å²) in [6.07, 6.45) is 5.91. The van der Waals surface area contributed by atoms with E-state index in [0.717, 1.165) is 5.56 Å². The van der Waals surface area contributed by atoms with Crippen LogP contribution in [0.3, 0.4) is 0 Å². The highest BCUT2D eigenvalue weighted by Crippen LogP contribution is 2.36. The molecule has 3 nitrogen and oxygen atoms in total. The van der Waals surface area contributed by atoms with Crippen LogP contribution in [0, 0.1) is 5.92 Å². The Hall–Kier alpha value is -0.800. The van der Waals surface area contributed by atoms with Crippen LogP contribution in [0.4, 0.5) is 0 Å². The van der Waals surface area contributed by atoms with Gasteiger partial charge < -0.3 is 14.3 Å². The van der Waals surface area contributed by atoms with Crippen LogP contribution in [-0.2, 0) is 11.2 Å². The molecule has 0 saturated heterocycles. The van der Waals surface area contributed by atoms with Gasteiger partial charge in [-0.2, -0.15) is 0 Å². The third-order valence-corrected chi connectivity index (χ3v) is 2.85. The Kier molecular flexibility index (Phi) is 3.44. The first-order valence-electron chi connectivity index (χ1n) is 5.62. The van der Waals surface area contributed by atoms with Crippen LogP contribution in [0.15, 0.2) is 23.0 Å². The second kappa shape index (κ2) is 4.81. The zero-order valence-electron chi connectivity index (χ0n) is 9.06. The number of rotatable bonds is 6. The van der Waals surface area contributed by atoms with Crippen molar-refractivity contribution in [2.75, 3.05) is 6.61 Å². The van der Waals surface area contributed by atoms with Crippen molar-refractivity contribution in [3.8, 4) is 0 Å². The van der Waals surface area contributed by atoms with Crippen LogP contribution in [0.25, 0.3) is 0 Å². The van der Waals surface area contributed by atoms with E-state index < -0.39 is 6.10 Å². The lowest BCUT2D eigenvalue weighted by atomic mass is 10.0. The maximum absolute atomic E-state index is 10.1. The maximum Gasteiger partial charge on any atom is 0.0935 e. The van der Waals surface area contributed by atoms with Crippen LogP contribution >= 0.6 is 0 Å². The van der Waals surface area contributed by atoms with Gasteiger partial charge in [0.1, 0.15) is 0 Å². The quantitative estimate of drug-likeness (QED) is 0.781. The summed E-state index contributed by atoms with van der Waals surface area (Å²) in [5, 5.41) is 10.1. The van der Waals surface area contributed by atoms with E-state index in [-0.39, 0.29) is 6.10 Å². The van der Waals surface area contributed by atoms with E-state index in [9.17, 15) is 5.11 Å². The Bertz CT molecular complexity index is 277. The lowest BCUT2D eigenvalue weighted by molar-refractivity contribution is -0.0440. The predicted molar refractivity (Wildman–Crippen MR) is 56.6 cm³/mol. The van der Waals surface area contributed by atoms with Gasteiger partial charge in [-0.25, -0.2) is 0 Å². The van der Waals surface area contributed by atoms with Gasteiger partial charge in [-0.1, -0.05) is 0 Å². The molecule has 2 rings (SSSR count). The standard InChI is InChI=1S/C12H18O3/c1-2-15-12(10-3-4-10)11(13)7-9-5-6-14-8-9/h5-6,8,10-13H,2-4,7H2,1H3. The molecular formula is C12H18O3. The fourth-order valence-electron chi connectivity index (χ4n) is 1.94. The van der Waals surface area contributed by atoms with Gasteiger partial charge in [-0.05, 0) is 37.3 Å². The number of furan rings is 1. The molecule has 2 atom stereocenters. The fraction of sp³-hybridized carbons (Fsp3) is 0.667. The van der Waals surface area contributed by atoms with E-state index >= 15 is 0 Å². The van der Waals surface area contributed by atoms with Crippen molar-refractivity contribution in [2.24, 2.45) is 5.92 Å². The summed E-state index contributed by atoms with van der Waals surface area (Å²) in [6, 6.07) is 1.89. The normalized spacial score (nSPS) is 20.1. The Morgan fingerprint density at radius 2 is 2.40 bits per heavy atom. The molecule has 1 aromatic rings. The van der Waals surface area contributed by atoms with Crippen molar-refractivity contribution in [2.45, 2.75) is 38.4 Å². The Morgan fingerprint density at radius 3 is 2.93 bits per heavy atom. The largest absolute Gasteiger partial charge is 0.472 e. The van der Waals surface area contributed by atoms with Gasteiger partial charge in [-0.15, -0.1) is 0 Å². The first-order valence-corrected chi connectivity index (χ1v) is 5.62. The zero-order valence-corrected chi connectivity index (χ0v) is 9.06. The minimum atomic E-state index is -0.407. The summed E-state index contributed by atoms with van der Waals surface area (Å²) >= 11 is 0. The van der Waals surface area contributed by atoms with E-state index in [0.29, 0.717) is 18.9 Å². The van der Waals surface area contributed by atoms with Gasteiger partial charge in [0.2, 0.25) is 0 Å². The number of aliphatic hydroxyl groups excluding tert-OH is 1. The lowest BCUT2D eigenvalue weighted by Crippen LogP contribution is -2.32. The van der Waals surface area contributed by atoms with Crippen LogP contribution in [0.2, 0.25) is 0 Å². The lowest BCUT2D eigenvalue weighted by Gasteiger charge is -2.22. The summed E-state index contributed by atoms with van der Waals surface area (Å²) in [5.74, 6) is 0.562. The highest BCUT2D eigenvalue weighted by atomic mass is 16.5. The van der Waals surface area contributed by atoms with Gasteiger partial charge in [0.25, 0.3) is 0 Å². The van der Waals surface area contributed by atoms with Crippen LogP contribution < -0.4 is 0 Å². The van der Waals surface area contributed by atoms with E-state index in [2.05, 4.69) is 0 Å². The molecule has 2 unspecified atom stereocenters. The van der Waals surface area contributed by atoms with Gasteiger partial charge in [0.05, 0.1) is 24.7 Å². The molecule has 1 fully saturated rings. The molecular weight excluding hydrogens is 192 g/mol. The summed E-state index contributed by atoms with van der Waals surface area (Å²) < 4.78 is 10.6. The molecule has 3 heteroatoms. The molecule has 1 aromatic heterocycles. The van der Waals surface area contributed by atoms with Crippen molar-refractivity contribution in [3.05, 3.63) is 24.2 Å². The van der Waals surface area contributed by atoms with Crippen LogP contribution in [0.1, 0.15) is 25.3 Å². The van der Waals surface area contributed by atoms with E-state index in [1.54, 1.807) is 12.5 Å². The fourth-order valence-corrected chi connectivity index (χ4v) is 1.94. The smallest absolute Gasteiger partial charge is 0.0935 e. The number of hydrogen-bond donors (Lipinski definition) is 1. The molecule has 1 N–H and O–H groups in total. The number of hydrogen-bond acceptors (Lipinski definition) is 3. The van der Waals surface area contributed by atoms with Crippen LogP contribution in [0.5, 0.6) is 0 Å². The van der Waals surface area contributed by atoms with Crippen molar-refractivity contribution in [1.29, 1.82) is 0 Å². The molecule has 1 aliphatic rings. The Balaban J connectivity index is 1.89. The average Bonchev–Trinajstić information content (AvgIpc) is 2.93. The first kappa shape index (κ1) is 10.7. The zero-order chi connectivity index (χ0) is 10.7. The maximum atomic E-state index is 10.1. The highest BCUT2D eigenvalue weighted by molar-refractivity contribution is 5.07. The van der Waals surface area contributed by atoms with Crippen molar-refractivity contribution in [1.82, 2.24) is 0 Å². The number of ether oxygens (including phenoxy) is 1. The molecule has 84 valence electrons. The Labute approximate surface area is 90.0 Å². The molecule has 15 heavy (non-hydrogen) atoms. The number of aliphatic hydroxyl groups is 1. The molecule has 0 amide bonds. The van der Waals surface area contributed by atoms with E-state index in [1.807, 2.05) is 13.0 Å². The molecule has 0 radical (unpaired) electrons. The van der Waals surface area contributed by atoms with Gasteiger partial charge >= 0.3 is 0 Å². The molecule has 1 heterocycles. The van der Waals surface area contributed by atoms with Crippen molar-refractivity contribution >= 4 is 0 Å². The summed E-state index contributed by atoms with van der Waals surface area (Å²) in [6.45, 7) is 2.64. The summed E-state index contributed by atoms with van der Waals surface area (Å²) in [4.78, 5) is 0. The van der Waals surface area contributed by atoms with E-state index in [1.165, 1.54) is 12.8 Å². The third-order valence-electron chi connectivity index (χ3n) is 2.85. The molecule has 1 saturated carbocycles. The van der Waals surface area contributed by atoms with Gasteiger partial charge in [0.15, 0.2) is 0 Å². The first-order chi connectivity index (χ1) is 7.31. The molecule has 0 spiro atoms. The second-order valence-electron chi connectivity index (χ2n) is 4.16. The minimum Gasteiger partial charge on any atom is -0.472 e. The molecule has 0 aliphatic heterocycles. The van der Waals surface area contributed by atoms with Gasteiger partial charge in [-0.3, -0.25) is 0 Å². The average molecular weight is 210 g/mol. The van der Waals surface area contributed by atoms with E-state index in [4.69, 9.17) is 9.15 Å². The highest BCUT2D eigenvalue weighted by Gasteiger charge is 2.36.